The SMILES string of the molecule is C#CCN(CCC)c1ccc(C#N)nc1. The molecule has 1 heterocycles. The number of anilines is 1. The van der Waals surface area contributed by atoms with Gasteiger partial charge in [-0.1, -0.05) is 12.8 Å². The van der Waals surface area contributed by atoms with Crippen LogP contribution >= 0.6 is 0 Å². The number of terminal acetylenes is 1. The predicted molar refractivity (Wildman–Crippen MR) is 60.3 cm³/mol. The highest BCUT2D eigenvalue weighted by atomic mass is 15.1. The molecule has 0 N–H and O–H groups in total. The molecule has 0 bridgehead atoms. The second kappa shape index (κ2) is 5.67. The smallest absolute Gasteiger partial charge is 0.140 e. The number of aromatic nitrogens is 1. The standard InChI is InChI=1S/C12H13N3/c1-3-7-15(8-4-2)12-6-5-11(9-13)14-10-12/h1,5-6,10H,4,7-8H2,2H3. The van der Waals surface area contributed by atoms with Crippen LogP contribution in [0.2, 0.25) is 0 Å². The molecule has 3 nitrogen and oxygen atoms in total. The summed E-state index contributed by atoms with van der Waals surface area (Å²) >= 11 is 0. The maximum absolute atomic E-state index is 8.62. The molecule has 0 saturated heterocycles. The number of rotatable bonds is 4. The number of hydrogen-bond donors (Lipinski definition) is 0. The summed E-state index contributed by atoms with van der Waals surface area (Å²) in [4.78, 5) is 6.07. The fourth-order valence-electron chi connectivity index (χ4n) is 1.32. The quantitative estimate of drug-likeness (QED) is 0.694. The highest BCUT2D eigenvalue weighted by Crippen LogP contribution is 2.12. The van der Waals surface area contributed by atoms with Crippen LogP contribution in [0.4, 0.5) is 5.69 Å². The highest BCUT2D eigenvalue weighted by Gasteiger charge is 2.03. The van der Waals surface area contributed by atoms with E-state index in [0.29, 0.717) is 12.2 Å². The molecule has 1 aromatic heterocycles. The first-order valence-electron chi connectivity index (χ1n) is 4.86. The topological polar surface area (TPSA) is 39.9 Å². The van der Waals surface area contributed by atoms with Crippen LogP contribution in [0.15, 0.2) is 18.3 Å². The maximum Gasteiger partial charge on any atom is 0.140 e. The Morgan fingerprint density at radius 1 is 1.53 bits per heavy atom. The van der Waals surface area contributed by atoms with Crippen LogP contribution in [-0.4, -0.2) is 18.1 Å². The lowest BCUT2D eigenvalue weighted by Crippen LogP contribution is -2.24. The lowest BCUT2D eigenvalue weighted by Gasteiger charge is -2.20. The average Bonchev–Trinajstić information content (AvgIpc) is 2.29. The van der Waals surface area contributed by atoms with Crippen molar-refractivity contribution in [3.05, 3.63) is 24.0 Å². The zero-order valence-corrected chi connectivity index (χ0v) is 8.77. The minimum atomic E-state index is 0.427. The van der Waals surface area contributed by atoms with Gasteiger partial charge in [0, 0.05) is 6.54 Å². The third-order valence-electron chi connectivity index (χ3n) is 2.00. The Labute approximate surface area is 90.4 Å². The molecule has 0 amide bonds. The van der Waals surface area contributed by atoms with Crippen molar-refractivity contribution in [2.45, 2.75) is 13.3 Å². The Morgan fingerprint density at radius 3 is 2.80 bits per heavy atom. The van der Waals surface area contributed by atoms with Gasteiger partial charge in [0.2, 0.25) is 0 Å². The summed E-state index contributed by atoms with van der Waals surface area (Å²) in [6.45, 7) is 3.57. The van der Waals surface area contributed by atoms with Gasteiger partial charge in [-0.3, -0.25) is 0 Å². The summed E-state index contributed by atoms with van der Waals surface area (Å²) in [5.74, 6) is 2.61. The first-order valence-corrected chi connectivity index (χ1v) is 4.86. The molecule has 0 aliphatic carbocycles. The van der Waals surface area contributed by atoms with Crippen LogP contribution in [0.25, 0.3) is 0 Å². The van der Waals surface area contributed by atoms with Crippen molar-refractivity contribution >= 4 is 5.69 Å². The predicted octanol–water partition coefficient (Wildman–Crippen LogP) is 1.80. The van der Waals surface area contributed by atoms with Gasteiger partial charge in [0.05, 0.1) is 18.4 Å². The Balaban J connectivity index is 2.83. The van der Waals surface area contributed by atoms with Gasteiger partial charge in [0.25, 0.3) is 0 Å². The van der Waals surface area contributed by atoms with E-state index >= 15 is 0 Å². The van der Waals surface area contributed by atoms with Crippen LogP contribution in [0.1, 0.15) is 19.0 Å². The molecule has 0 fully saturated rings. The summed E-state index contributed by atoms with van der Waals surface area (Å²) in [5.41, 5.74) is 1.39. The van der Waals surface area contributed by atoms with Gasteiger partial charge in [-0.05, 0) is 18.6 Å². The second-order valence-corrected chi connectivity index (χ2v) is 3.14. The molecule has 3 heteroatoms. The zero-order chi connectivity index (χ0) is 11.1. The molecule has 1 aromatic rings. The van der Waals surface area contributed by atoms with E-state index in [1.54, 1.807) is 12.3 Å². The Morgan fingerprint density at radius 2 is 2.33 bits per heavy atom. The Kier molecular flexibility index (Phi) is 4.19. The molecule has 0 spiro atoms. The van der Waals surface area contributed by atoms with Crippen molar-refractivity contribution in [1.82, 2.24) is 4.98 Å². The Bertz CT molecular complexity index is 381. The van der Waals surface area contributed by atoms with Crippen LogP contribution in [0.5, 0.6) is 0 Å². The average molecular weight is 199 g/mol. The van der Waals surface area contributed by atoms with Crippen molar-refractivity contribution in [3.8, 4) is 18.4 Å². The van der Waals surface area contributed by atoms with E-state index in [0.717, 1.165) is 18.7 Å². The van der Waals surface area contributed by atoms with Crippen molar-refractivity contribution in [2.75, 3.05) is 18.0 Å². The van der Waals surface area contributed by atoms with E-state index in [1.807, 2.05) is 12.1 Å². The van der Waals surface area contributed by atoms with Crippen molar-refractivity contribution < 1.29 is 0 Å². The molecule has 0 aromatic carbocycles. The van der Waals surface area contributed by atoms with Gasteiger partial charge in [-0.2, -0.15) is 5.26 Å². The van der Waals surface area contributed by atoms with Gasteiger partial charge in [-0.15, -0.1) is 6.42 Å². The van der Waals surface area contributed by atoms with E-state index in [4.69, 9.17) is 11.7 Å². The lowest BCUT2D eigenvalue weighted by molar-refractivity contribution is 0.820. The van der Waals surface area contributed by atoms with Crippen molar-refractivity contribution in [3.63, 3.8) is 0 Å². The monoisotopic (exact) mass is 199 g/mol. The van der Waals surface area contributed by atoms with E-state index < -0.39 is 0 Å². The van der Waals surface area contributed by atoms with Gasteiger partial charge in [0.1, 0.15) is 11.8 Å². The molecule has 1 rings (SSSR count). The van der Waals surface area contributed by atoms with Gasteiger partial charge in [-0.25, -0.2) is 4.98 Å². The molecule has 76 valence electrons. The first-order chi connectivity index (χ1) is 7.31. The van der Waals surface area contributed by atoms with E-state index in [1.165, 1.54) is 0 Å². The molecule has 0 radical (unpaired) electrons. The summed E-state index contributed by atoms with van der Waals surface area (Å²) in [7, 11) is 0. The van der Waals surface area contributed by atoms with Crippen molar-refractivity contribution in [1.29, 1.82) is 5.26 Å². The molecule has 0 aliphatic rings. The minimum Gasteiger partial charge on any atom is -0.359 e. The van der Waals surface area contributed by atoms with E-state index in [-0.39, 0.29) is 0 Å². The van der Waals surface area contributed by atoms with Gasteiger partial charge in [0.15, 0.2) is 0 Å². The highest BCUT2D eigenvalue weighted by molar-refractivity contribution is 5.46. The van der Waals surface area contributed by atoms with Crippen LogP contribution in [0, 0.1) is 23.7 Å². The molecule has 15 heavy (non-hydrogen) atoms. The normalized spacial score (nSPS) is 9.00. The Hall–Kier alpha value is -2.00. The number of hydrogen-bond acceptors (Lipinski definition) is 3. The third kappa shape index (κ3) is 3.00. The fourth-order valence-corrected chi connectivity index (χ4v) is 1.32. The maximum atomic E-state index is 8.62. The lowest BCUT2D eigenvalue weighted by atomic mass is 10.3. The zero-order valence-electron chi connectivity index (χ0n) is 8.77. The van der Waals surface area contributed by atoms with Gasteiger partial charge < -0.3 is 4.90 Å². The fraction of sp³-hybridized carbons (Fsp3) is 0.333. The first kappa shape index (κ1) is 11.1. The summed E-state index contributed by atoms with van der Waals surface area (Å²) < 4.78 is 0. The number of nitriles is 1. The van der Waals surface area contributed by atoms with Crippen LogP contribution in [-0.2, 0) is 0 Å². The van der Waals surface area contributed by atoms with Crippen molar-refractivity contribution in [2.24, 2.45) is 0 Å². The number of pyridine rings is 1. The molecular weight excluding hydrogens is 186 g/mol. The van der Waals surface area contributed by atoms with Crippen LogP contribution < -0.4 is 4.90 Å². The molecular formula is C12H13N3. The molecule has 0 saturated carbocycles. The minimum absolute atomic E-state index is 0.427. The summed E-state index contributed by atoms with van der Waals surface area (Å²) in [6.07, 6.45) is 8.00. The second-order valence-electron chi connectivity index (χ2n) is 3.14. The molecule has 0 unspecified atom stereocenters. The van der Waals surface area contributed by atoms with E-state index in [2.05, 4.69) is 22.7 Å². The third-order valence-corrected chi connectivity index (χ3v) is 2.00. The number of nitrogens with zero attached hydrogens (tertiary/aromatic N) is 3. The molecule has 0 atom stereocenters. The van der Waals surface area contributed by atoms with E-state index in [9.17, 15) is 0 Å². The summed E-state index contributed by atoms with van der Waals surface area (Å²) in [5, 5.41) is 8.62. The largest absolute Gasteiger partial charge is 0.359 e. The summed E-state index contributed by atoms with van der Waals surface area (Å²) in [6, 6.07) is 5.56. The van der Waals surface area contributed by atoms with Crippen LogP contribution in [0.3, 0.4) is 0 Å². The molecule has 0 aliphatic heterocycles. The van der Waals surface area contributed by atoms with Gasteiger partial charge >= 0.3 is 0 Å².